The minimum Gasteiger partial charge on any atom is -0.370 e. The van der Waals surface area contributed by atoms with Gasteiger partial charge in [-0.3, -0.25) is 4.79 Å². The third-order valence-electron chi connectivity index (χ3n) is 3.21. The van der Waals surface area contributed by atoms with E-state index in [-0.39, 0.29) is 5.91 Å². The molecule has 0 saturated heterocycles. The number of nitrogens with two attached hydrogens (primary N) is 1. The number of hydrogen-bond acceptors (Lipinski definition) is 2. The summed E-state index contributed by atoms with van der Waals surface area (Å²) in [6, 6.07) is 11.1. The molecule has 16 heavy (non-hydrogen) atoms. The Labute approximate surface area is 96.0 Å². The second-order valence-corrected chi connectivity index (χ2v) is 4.45. The zero-order valence-corrected chi connectivity index (χ0v) is 9.36. The molecule has 0 aromatic heterocycles. The first-order valence-electron chi connectivity index (χ1n) is 5.82. The summed E-state index contributed by atoms with van der Waals surface area (Å²) in [5, 5.41) is 3.35. The van der Waals surface area contributed by atoms with Crippen molar-refractivity contribution in [3.8, 4) is 0 Å². The van der Waals surface area contributed by atoms with Gasteiger partial charge >= 0.3 is 0 Å². The zero-order chi connectivity index (χ0) is 11.4. The molecule has 2 rings (SSSR count). The van der Waals surface area contributed by atoms with Gasteiger partial charge in [0, 0.05) is 19.0 Å². The topological polar surface area (TPSA) is 55.1 Å². The van der Waals surface area contributed by atoms with Gasteiger partial charge < -0.3 is 11.1 Å². The molecular formula is C13H18N2O. The van der Waals surface area contributed by atoms with Crippen molar-refractivity contribution in [3.63, 3.8) is 0 Å². The van der Waals surface area contributed by atoms with Crippen LogP contribution in [0.3, 0.4) is 0 Å². The van der Waals surface area contributed by atoms with Crippen LogP contribution in [0.2, 0.25) is 0 Å². The third kappa shape index (κ3) is 2.83. The van der Waals surface area contributed by atoms with Crippen molar-refractivity contribution >= 4 is 5.91 Å². The normalized spacial score (nSPS) is 23.8. The molecule has 0 spiro atoms. The van der Waals surface area contributed by atoms with Crippen LogP contribution >= 0.6 is 0 Å². The van der Waals surface area contributed by atoms with Crippen LogP contribution in [0.5, 0.6) is 0 Å². The van der Waals surface area contributed by atoms with E-state index in [1.54, 1.807) is 0 Å². The predicted molar refractivity (Wildman–Crippen MR) is 64.0 cm³/mol. The zero-order valence-electron chi connectivity index (χ0n) is 9.36. The smallest absolute Gasteiger partial charge is 0.218 e. The van der Waals surface area contributed by atoms with Crippen molar-refractivity contribution < 1.29 is 4.79 Å². The van der Waals surface area contributed by atoms with E-state index in [2.05, 4.69) is 29.6 Å². The van der Waals surface area contributed by atoms with Gasteiger partial charge in [0.15, 0.2) is 0 Å². The fourth-order valence-electron chi connectivity index (χ4n) is 2.18. The second-order valence-electron chi connectivity index (χ2n) is 4.45. The third-order valence-corrected chi connectivity index (χ3v) is 3.21. The van der Waals surface area contributed by atoms with Crippen molar-refractivity contribution in [2.45, 2.75) is 31.2 Å². The van der Waals surface area contributed by atoms with E-state index >= 15 is 0 Å². The van der Waals surface area contributed by atoms with E-state index in [1.807, 2.05) is 6.07 Å². The van der Waals surface area contributed by atoms with Gasteiger partial charge in [-0.25, -0.2) is 0 Å². The summed E-state index contributed by atoms with van der Waals surface area (Å²) in [5.41, 5.74) is 6.50. The van der Waals surface area contributed by atoms with Crippen molar-refractivity contribution in [1.82, 2.24) is 5.32 Å². The fraction of sp³-hybridized carbons (Fsp3) is 0.462. The molecule has 3 N–H and O–H groups in total. The molecule has 1 saturated carbocycles. The quantitative estimate of drug-likeness (QED) is 0.785. The Bertz CT molecular complexity index is 344. The Morgan fingerprint density at radius 2 is 2.00 bits per heavy atom. The van der Waals surface area contributed by atoms with E-state index in [4.69, 9.17) is 5.73 Å². The lowest BCUT2D eigenvalue weighted by atomic mass is 9.76. The van der Waals surface area contributed by atoms with Crippen molar-refractivity contribution in [2.24, 2.45) is 5.73 Å². The maximum atomic E-state index is 10.6. The molecule has 86 valence electrons. The number of benzene rings is 1. The van der Waals surface area contributed by atoms with Gasteiger partial charge in [0.25, 0.3) is 0 Å². The molecule has 1 aliphatic rings. The van der Waals surface area contributed by atoms with Gasteiger partial charge in [0.2, 0.25) is 5.91 Å². The highest BCUT2D eigenvalue weighted by Crippen LogP contribution is 2.36. The SMILES string of the molecule is NC(=O)CCNC1CC(c2ccccc2)C1. The maximum Gasteiger partial charge on any atom is 0.218 e. The molecule has 1 aromatic carbocycles. The summed E-state index contributed by atoms with van der Waals surface area (Å²) >= 11 is 0. The van der Waals surface area contributed by atoms with Crippen molar-refractivity contribution in [3.05, 3.63) is 35.9 Å². The van der Waals surface area contributed by atoms with Crippen LogP contribution < -0.4 is 11.1 Å². The molecular weight excluding hydrogens is 200 g/mol. The first-order chi connectivity index (χ1) is 7.75. The van der Waals surface area contributed by atoms with E-state index in [9.17, 15) is 4.79 Å². The number of nitrogens with one attached hydrogen (secondary N) is 1. The Kier molecular flexibility index (Phi) is 3.57. The first-order valence-corrected chi connectivity index (χ1v) is 5.82. The van der Waals surface area contributed by atoms with Crippen LogP contribution in [0.4, 0.5) is 0 Å². The highest BCUT2D eigenvalue weighted by molar-refractivity contribution is 5.73. The largest absolute Gasteiger partial charge is 0.370 e. The predicted octanol–water partition coefficient (Wildman–Crippen LogP) is 1.40. The highest BCUT2D eigenvalue weighted by atomic mass is 16.1. The lowest BCUT2D eigenvalue weighted by Crippen LogP contribution is -2.41. The number of carbonyl (C=O) groups is 1. The van der Waals surface area contributed by atoms with Crippen molar-refractivity contribution in [2.75, 3.05) is 6.54 Å². The minimum absolute atomic E-state index is 0.230. The number of hydrogen-bond donors (Lipinski definition) is 2. The van der Waals surface area contributed by atoms with Crippen LogP contribution in [-0.2, 0) is 4.79 Å². The summed E-state index contributed by atoms with van der Waals surface area (Å²) < 4.78 is 0. The summed E-state index contributed by atoms with van der Waals surface area (Å²) in [4.78, 5) is 10.6. The number of amides is 1. The summed E-state index contributed by atoms with van der Waals surface area (Å²) in [7, 11) is 0. The average Bonchev–Trinajstić information content (AvgIpc) is 2.22. The molecule has 0 unspecified atom stereocenters. The van der Waals surface area contributed by atoms with Gasteiger partial charge in [-0.1, -0.05) is 30.3 Å². The van der Waals surface area contributed by atoms with E-state index in [0.717, 1.165) is 0 Å². The van der Waals surface area contributed by atoms with Gasteiger partial charge in [-0.2, -0.15) is 0 Å². The molecule has 3 heteroatoms. The van der Waals surface area contributed by atoms with Crippen molar-refractivity contribution in [1.29, 1.82) is 0 Å². The summed E-state index contributed by atoms with van der Waals surface area (Å²) in [6.45, 7) is 0.710. The summed E-state index contributed by atoms with van der Waals surface area (Å²) in [6.07, 6.45) is 2.78. The van der Waals surface area contributed by atoms with E-state index in [0.29, 0.717) is 24.9 Å². The molecule has 0 heterocycles. The minimum atomic E-state index is -0.230. The Hall–Kier alpha value is -1.35. The van der Waals surface area contributed by atoms with Crippen LogP contribution in [0.1, 0.15) is 30.7 Å². The molecule has 0 aliphatic heterocycles. The molecule has 1 amide bonds. The summed E-state index contributed by atoms with van der Waals surface area (Å²) in [5.74, 6) is 0.457. The molecule has 0 bridgehead atoms. The maximum absolute atomic E-state index is 10.6. The molecule has 3 nitrogen and oxygen atoms in total. The van der Waals surface area contributed by atoms with Crippen LogP contribution in [-0.4, -0.2) is 18.5 Å². The number of rotatable bonds is 5. The van der Waals surface area contributed by atoms with Crippen LogP contribution in [0, 0.1) is 0 Å². The molecule has 1 aliphatic carbocycles. The number of primary amides is 1. The monoisotopic (exact) mass is 218 g/mol. The molecule has 1 aromatic rings. The lowest BCUT2D eigenvalue weighted by molar-refractivity contribution is -0.117. The van der Waals surface area contributed by atoms with E-state index in [1.165, 1.54) is 18.4 Å². The van der Waals surface area contributed by atoms with E-state index < -0.39 is 0 Å². The van der Waals surface area contributed by atoms with Crippen LogP contribution in [0.15, 0.2) is 30.3 Å². The van der Waals surface area contributed by atoms with Crippen LogP contribution in [0.25, 0.3) is 0 Å². The average molecular weight is 218 g/mol. The van der Waals surface area contributed by atoms with Gasteiger partial charge in [-0.15, -0.1) is 0 Å². The van der Waals surface area contributed by atoms with Gasteiger partial charge in [-0.05, 0) is 24.3 Å². The van der Waals surface area contributed by atoms with Gasteiger partial charge in [0.1, 0.15) is 0 Å². The fourth-order valence-corrected chi connectivity index (χ4v) is 2.18. The standard InChI is InChI=1S/C13H18N2O/c14-13(16)6-7-15-12-8-11(9-12)10-4-2-1-3-5-10/h1-5,11-12,15H,6-9H2,(H2,14,16). The molecule has 0 radical (unpaired) electrons. The first kappa shape index (κ1) is 11.1. The Balaban J connectivity index is 1.68. The highest BCUT2D eigenvalue weighted by Gasteiger charge is 2.29. The van der Waals surface area contributed by atoms with Gasteiger partial charge in [0.05, 0.1) is 0 Å². The molecule has 1 fully saturated rings. The number of carbonyl (C=O) groups excluding carboxylic acids is 1. The Morgan fingerprint density at radius 1 is 1.31 bits per heavy atom. The molecule has 0 atom stereocenters. The Morgan fingerprint density at radius 3 is 2.62 bits per heavy atom. The lowest BCUT2D eigenvalue weighted by Gasteiger charge is -2.36. The second kappa shape index (κ2) is 5.12.